The minimum Gasteiger partial charge on any atom is -0.493 e. The van der Waals surface area contributed by atoms with Crippen LogP contribution in [-0.4, -0.2) is 44.3 Å². The Labute approximate surface area is 177 Å². The number of carbonyl (C=O) groups is 1. The lowest BCUT2D eigenvalue weighted by Crippen LogP contribution is -2.37. The van der Waals surface area contributed by atoms with Crippen LogP contribution in [0.5, 0.6) is 11.5 Å². The molecule has 2 aromatic rings. The van der Waals surface area contributed by atoms with Crippen LogP contribution >= 0.6 is 22.6 Å². The number of nitrogens with zero attached hydrogens (tertiary/aromatic N) is 1. The molecule has 1 heterocycles. The van der Waals surface area contributed by atoms with E-state index >= 15 is 0 Å². The van der Waals surface area contributed by atoms with Gasteiger partial charge in [-0.1, -0.05) is 12.1 Å². The Morgan fingerprint density at radius 2 is 2.00 bits per heavy atom. The highest BCUT2D eigenvalue weighted by Crippen LogP contribution is 2.32. The number of methoxy groups -OCH3 is 2. The van der Waals surface area contributed by atoms with Crippen molar-refractivity contribution in [3.63, 3.8) is 0 Å². The lowest BCUT2D eigenvalue weighted by atomic mass is 10.1. The van der Waals surface area contributed by atoms with Crippen LogP contribution in [0.25, 0.3) is 0 Å². The molecule has 1 fully saturated rings. The van der Waals surface area contributed by atoms with Gasteiger partial charge in [0.15, 0.2) is 11.5 Å². The number of benzene rings is 2. The maximum absolute atomic E-state index is 13.6. The molecule has 0 bridgehead atoms. The summed E-state index contributed by atoms with van der Waals surface area (Å²) in [5, 5.41) is 0. The Balaban J connectivity index is 1.91. The molecule has 0 aromatic heterocycles. The predicted octanol–water partition coefficient (Wildman–Crippen LogP) is 4.27. The maximum atomic E-state index is 13.6. The molecule has 7 heteroatoms. The van der Waals surface area contributed by atoms with Gasteiger partial charge in [-0.05, 0) is 65.3 Å². The lowest BCUT2D eigenvalue weighted by Gasteiger charge is -2.26. The van der Waals surface area contributed by atoms with Gasteiger partial charge in [-0.2, -0.15) is 0 Å². The van der Waals surface area contributed by atoms with E-state index in [2.05, 4.69) is 22.6 Å². The third-order valence-electron chi connectivity index (χ3n) is 4.70. The summed E-state index contributed by atoms with van der Waals surface area (Å²) in [6.45, 7) is 1.47. The molecular formula is C21H23FINO4. The quantitative estimate of drug-likeness (QED) is 0.535. The second-order valence-corrected chi connectivity index (χ2v) is 7.80. The summed E-state index contributed by atoms with van der Waals surface area (Å²) in [6, 6.07) is 9.79. The topological polar surface area (TPSA) is 48.0 Å². The summed E-state index contributed by atoms with van der Waals surface area (Å²) in [5.74, 6) is 0.598. The van der Waals surface area contributed by atoms with E-state index in [1.165, 1.54) is 19.2 Å². The minimum atomic E-state index is -0.317. The van der Waals surface area contributed by atoms with E-state index < -0.39 is 0 Å². The van der Waals surface area contributed by atoms with Crippen molar-refractivity contribution >= 4 is 28.5 Å². The largest absolute Gasteiger partial charge is 0.493 e. The number of carbonyl (C=O) groups excluding carboxylic acids is 1. The van der Waals surface area contributed by atoms with E-state index in [0.717, 1.165) is 22.0 Å². The van der Waals surface area contributed by atoms with Crippen LogP contribution in [0.2, 0.25) is 0 Å². The van der Waals surface area contributed by atoms with Gasteiger partial charge in [-0.3, -0.25) is 4.79 Å². The van der Waals surface area contributed by atoms with E-state index in [4.69, 9.17) is 14.2 Å². The van der Waals surface area contributed by atoms with Crippen molar-refractivity contribution < 1.29 is 23.4 Å². The van der Waals surface area contributed by atoms with Gasteiger partial charge in [0.05, 0.1) is 25.9 Å². The first kappa shape index (κ1) is 20.9. The molecule has 1 aliphatic heterocycles. The smallest absolute Gasteiger partial charge is 0.255 e. The molecule has 1 amide bonds. The molecule has 150 valence electrons. The van der Waals surface area contributed by atoms with Crippen LogP contribution in [0.3, 0.4) is 0 Å². The van der Waals surface area contributed by atoms with Crippen LogP contribution < -0.4 is 9.47 Å². The second-order valence-electron chi connectivity index (χ2n) is 6.64. The summed E-state index contributed by atoms with van der Waals surface area (Å²) < 4.78 is 30.8. The van der Waals surface area contributed by atoms with Gasteiger partial charge in [0.25, 0.3) is 5.91 Å². The zero-order chi connectivity index (χ0) is 20.1. The number of halogens is 2. The summed E-state index contributed by atoms with van der Waals surface area (Å²) in [4.78, 5) is 15.1. The van der Waals surface area contributed by atoms with Crippen molar-refractivity contribution in [2.45, 2.75) is 25.5 Å². The highest BCUT2D eigenvalue weighted by atomic mass is 127. The van der Waals surface area contributed by atoms with Crippen LogP contribution in [-0.2, 0) is 11.3 Å². The molecule has 0 radical (unpaired) electrons. The fraction of sp³-hybridized carbons (Fsp3) is 0.381. The summed E-state index contributed by atoms with van der Waals surface area (Å²) in [7, 11) is 3.10. The standard InChI is InChI=1S/C21H23FINO4/c1-26-19-10-17(18(23)11-20(19)27-2)21(25)24(13-16-7-4-8-28-16)12-14-5-3-6-15(22)9-14/h3,5-6,9-11,16H,4,7-8,12-13H2,1-2H3. The van der Waals surface area contributed by atoms with Gasteiger partial charge in [0, 0.05) is 23.3 Å². The third kappa shape index (κ3) is 4.94. The third-order valence-corrected chi connectivity index (χ3v) is 5.59. The first-order chi connectivity index (χ1) is 13.5. The average Bonchev–Trinajstić information content (AvgIpc) is 3.20. The van der Waals surface area contributed by atoms with Crippen molar-refractivity contribution in [3.8, 4) is 11.5 Å². The van der Waals surface area contributed by atoms with Crippen LogP contribution in [0.4, 0.5) is 4.39 Å². The Morgan fingerprint density at radius 1 is 1.25 bits per heavy atom. The highest BCUT2D eigenvalue weighted by Gasteiger charge is 2.26. The van der Waals surface area contributed by atoms with E-state index in [9.17, 15) is 9.18 Å². The number of ether oxygens (including phenoxy) is 3. The second kappa shape index (κ2) is 9.56. The fourth-order valence-corrected chi connectivity index (χ4v) is 3.97. The van der Waals surface area contributed by atoms with Gasteiger partial charge in [-0.25, -0.2) is 4.39 Å². The van der Waals surface area contributed by atoms with E-state index in [1.54, 1.807) is 30.2 Å². The molecule has 1 unspecified atom stereocenters. The van der Waals surface area contributed by atoms with Crippen LogP contribution in [0, 0.1) is 9.39 Å². The zero-order valence-corrected chi connectivity index (χ0v) is 18.1. The Bertz CT molecular complexity index is 839. The van der Waals surface area contributed by atoms with Crippen molar-refractivity contribution in [2.75, 3.05) is 27.4 Å². The fourth-order valence-electron chi connectivity index (χ4n) is 3.30. The molecule has 0 spiro atoms. The van der Waals surface area contributed by atoms with Crippen LogP contribution in [0.15, 0.2) is 36.4 Å². The van der Waals surface area contributed by atoms with Gasteiger partial charge >= 0.3 is 0 Å². The zero-order valence-electron chi connectivity index (χ0n) is 15.9. The van der Waals surface area contributed by atoms with Crippen molar-refractivity contribution in [1.29, 1.82) is 0 Å². The molecule has 5 nitrogen and oxygen atoms in total. The minimum absolute atomic E-state index is 0.00434. The van der Waals surface area contributed by atoms with Crippen molar-refractivity contribution in [3.05, 3.63) is 56.9 Å². The van der Waals surface area contributed by atoms with Gasteiger partial charge in [0.1, 0.15) is 5.82 Å². The molecule has 28 heavy (non-hydrogen) atoms. The summed E-state index contributed by atoms with van der Waals surface area (Å²) in [5.41, 5.74) is 1.26. The molecule has 1 atom stereocenters. The summed E-state index contributed by atoms with van der Waals surface area (Å²) in [6.07, 6.45) is 1.89. The van der Waals surface area contributed by atoms with Gasteiger partial charge in [0.2, 0.25) is 0 Å². The maximum Gasteiger partial charge on any atom is 0.255 e. The normalized spacial score (nSPS) is 16.1. The molecule has 2 aromatic carbocycles. The molecule has 1 aliphatic rings. The molecular weight excluding hydrogens is 476 g/mol. The SMILES string of the molecule is COc1cc(I)c(C(=O)N(Cc2cccc(F)c2)CC2CCCO2)cc1OC. The predicted molar refractivity (Wildman–Crippen MR) is 112 cm³/mol. The first-order valence-electron chi connectivity index (χ1n) is 9.08. The Morgan fingerprint density at radius 3 is 2.64 bits per heavy atom. The molecule has 0 saturated carbocycles. The Hall–Kier alpha value is -1.87. The average molecular weight is 499 g/mol. The van der Waals surface area contributed by atoms with Crippen molar-refractivity contribution in [1.82, 2.24) is 4.90 Å². The van der Waals surface area contributed by atoms with Gasteiger partial charge < -0.3 is 19.1 Å². The van der Waals surface area contributed by atoms with Crippen LogP contribution in [0.1, 0.15) is 28.8 Å². The lowest BCUT2D eigenvalue weighted by molar-refractivity contribution is 0.0506. The molecule has 1 saturated heterocycles. The monoisotopic (exact) mass is 499 g/mol. The van der Waals surface area contributed by atoms with E-state index in [0.29, 0.717) is 36.8 Å². The number of hydrogen-bond donors (Lipinski definition) is 0. The number of amides is 1. The van der Waals surface area contributed by atoms with Crippen molar-refractivity contribution in [2.24, 2.45) is 0 Å². The first-order valence-corrected chi connectivity index (χ1v) is 10.2. The summed E-state index contributed by atoms with van der Waals surface area (Å²) >= 11 is 2.12. The highest BCUT2D eigenvalue weighted by molar-refractivity contribution is 14.1. The number of hydrogen-bond acceptors (Lipinski definition) is 4. The Kier molecular flexibility index (Phi) is 7.12. The molecule has 3 rings (SSSR count). The number of rotatable bonds is 7. The van der Waals surface area contributed by atoms with E-state index in [-0.39, 0.29) is 17.8 Å². The van der Waals surface area contributed by atoms with E-state index in [1.807, 2.05) is 6.07 Å². The molecule has 0 aliphatic carbocycles. The van der Waals surface area contributed by atoms with Gasteiger partial charge in [-0.15, -0.1) is 0 Å². The molecule has 0 N–H and O–H groups in total.